The van der Waals surface area contributed by atoms with Crippen molar-refractivity contribution in [3.8, 4) is 0 Å². The van der Waals surface area contributed by atoms with Crippen LogP contribution >= 0.6 is 0 Å². The molecule has 0 aliphatic heterocycles. The van der Waals surface area contributed by atoms with Crippen molar-refractivity contribution in [2.45, 2.75) is 32.4 Å². The second-order valence-corrected chi connectivity index (χ2v) is 3.53. The zero-order valence-electron chi connectivity index (χ0n) is 8.77. The number of rotatable bonds is 6. The van der Waals surface area contributed by atoms with Crippen LogP contribution in [0.3, 0.4) is 0 Å². The fraction of sp³-hybridized carbons (Fsp3) is 0.778. The summed E-state index contributed by atoms with van der Waals surface area (Å²) < 4.78 is 1.69. The highest BCUT2D eigenvalue weighted by atomic mass is 16.2. The van der Waals surface area contributed by atoms with Gasteiger partial charge in [-0.2, -0.15) is 0 Å². The Morgan fingerprint density at radius 2 is 2.43 bits per heavy atom. The molecule has 0 aliphatic rings. The van der Waals surface area contributed by atoms with Crippen LogP contribution in [0.1, 0.15) is 25.5 Å². The first kappa shape index (κ1) is 11.1. The van der Waals surface area contributed by atoms with Gasteiger partial charge < -0.3 is 10.4 Å². The van der Waals surface area contributed by atoms with Gasteiger partial charge in [0.1, 0.15) is 0 Å². The molecule has 0 bridgehead atoms. The van der Waals surface area contributed by atoms with Crippen molar-refractivity contribution in [2.24, 2.45) is 7.05 Å². The molecule has 0 spiro atoms. The number of aliphatic hydroxyl groups excluding tert-OH is 1. The van der Waals surface area contributed by atoms with Crippen LogP contribution in [-0.2, 0) is 13.6 Å². The van der Waals surface area contributed by atoms with Crippen molar-refractivity contribution in [3.63, 3.8) is 0 Å². The van der Waals surface area contributed by atoms with Gasteiger partial charge in [0.25, 0.3) is 0 Å². The summed E-state index contributed by atoms with van der Waals surface area (Å²) in [5, 5.41) is 19.8. The Kier molecular flexibility index (Phi) is 4.55. The SMILES string of the molecule is CC(CCCO)NCc1cn(C)nn1. The second kappa shape index (κ2) is 5.72. The topological polar surface area (TPSA) is 63.0 Å². The molecule has 0 fully saturated rings. The Labute approximate surface area is 84.1 Å². The van der Waals surface area contributed by atoms with Gasteiger partial charge in [0.2, 0.25) is 0 Å². The third-order valence-corrected chi connectivity index (χ3v) is 2.08. The molecule has 1 rings (SSSR count). The lowest BCUT2D eigenvalue weighted by Gasteiger charge is -2.11. The molecule has 80 valence electrons. The highest BCUT2D eigenvalue weighted by Gasteiger charge is 2.02. The van der Waals surface area contributed by atoms with E-state index in [0.29, 0.717) is 6.04 Å². The molecule has 1 aromatic rings. The number of aliphatic hydroxyl groups is 1. The van der Waals surface area contributed by atoms with Crippen LogP contribution in [0.2, 0.25) is 0 Å². The molecule has 0 saturated heterocycles. The predicted octanol–water partition coefficient (Wildman–Crippen LogP) is 0.0657. The number of nitrogens with zero attached hydrogens (tertiary/aromatic N) is 3. The lowest BCUT2D eigenvalue weighted by molar-refractivity contribution is 0.276. The predicted molar refractivity (Wildman–Crippen MR) is 53.6 cm³/mol. The van der Waals surface area contributed by atoms with E-state index in [2.05, 4.69) is 22.6 Å². The summed E-state index contributed by atoms with van der Waals surface area (Å²) in [6.45, 7) is 3.10. The molecule has 0 aliphatic carbocycles. The van der Waals surface area contributed by atoms with E-state index in [1.165, 1.54) is 0 Å². The minimum atomic E-state index is 0.261. The molecule has 5 heteroatoms. The van der Waals surface area contributed by atoms with Crippen LogP contribution in [-0.4, -0.2) is 32.7 Å². The molecule has 0 aromatic carbocycles. The first-order valence-electron chi connectivity index (χ1n) is 4.92. The smallest absolute Gasteiger partial charge is 0.0964 e. The van der Waals surface area contributed by atoms with Gasteiger partial charge in [0.15, 0.2) is 0 Å². The molecule has 1 unspecified atom stereocenters. The van der Waals surface area contributed by atoms with Crippen molar-refractivity contribution < 1.29 is 5.11 Å². The Morgan fingerprint density at radius 3 is 3.00 bits per heavy atom. The third kappa shape index (κ3) is 3.85. The van der Waals surface area contributed by atoms with Crippen LogP contribution < -0.4 is 5.32 Å². The molecular formula is C9H18N4O. The zero-order valence-corrected chi connectivity index (χ0v) is 8.77. The summed E-state index contributed by atoms with van der Waals surface area (Å²) in [4.78, 5) is 0. The minimum Gasteiger partial charge on any atom is -0.396 e. The lowest BCUT2D eigenvalue weighted by atomic mass is 10.2. The molecule has 1 atom stereocenters. The van der Waals surface area contributed by atoms with E-state index in [4.69, 9.17) is 5.11 Å². The highest BCUT2D eigenvalue weighted by molar-refractivity contribution is 4.91. The lowest BCUT2D eigenvalue weighted by Crippen LogP contribution is -2.25. The summed E-state index contributed by atoms with van der Waals surface area (Å²) in [6, 6.07) is 0.407. The Bertz CT molecular complexity index is 261. The van der Waals surface area contributed by atoms with Crippen LogP contribution in [0, 0.1) is 0 Å². The fourth-order valence-corrected chi connectivity index (χ4v) is 1.25. The third-order valence-electron chi connectivity index (χ3n) is 2.08. The monoisotopic (exact) mass is 198 g/mol. The van der Waals surface area contributed by atoms with E-state index < -0.39 is 0 Å². The number of aromatic nitrogens is 3. The summed E-state index contributed by atoms with van der Waals surface area (Å²) in [5.74, 6) is 0. The van der Waals surface area contributed by atoms with E-state index in [9.17, 15) is 0 Å². The normalized spacial score (nSPS) is 13.1. The summed E-state index contributed by atoms with van der Waals surface area (Å²) in [5.41, 5.74) is 0.948. The molecule has 5 nitrogen and oxygen atoms in total. The van der Waals surface area contributed by atoms with E-state index in [1.54, 1.807) is 4.68 Å². The van der Waals surface area contributed by atoms with Crippen LogP contribution in [0.5, 0.6) is 0 Å². The molecule has 14 heavy (non-hydrogen) atoms. The van der Waals surface area contributed by atoms with Crippen molar-refractivity contribution in [3.05, 3.63) is 11.9 Å². The van der Waals surface area contributed by atoms with Gasteiger partial charge in [-0.05, 0) is 19.8 Å². The van der Waals surface area contributed by atoms with E-state index in [0.717, 1.165) is 25.1 Å². The van der Waals surface area contributed by atoms with Crippen LogP contribution in [0.4, 0.5) is 0 Å². The summed E-state index contributed by atoms with van der Waals surface area (Å²) in [6.07, 6.45) is 3.72. The molecule has 2 N–H and O–H groups in total. The fourth-order valence-electron chi connectivity index (χ4n) is 1.25. The maximum atomic E-state index is 8.65. The molecule has 0 saturated carbocycles. The number of hydrogen-bond donors (Lipinski definition) is 2. The second-order valence-electron chi connectivity index (χ2n) is 3.53. The number of hydrogen-bond acceptors (Lipinski definition) is 4. The van der Waals surface area contributed by atoms with Gasteiger partial charge in [-0.15, -0.1) is 5.10 Å². The first-order chi connectivity index (χ1) is 6.72. The summed E-state index contributed by atoms with van der Waals surface area (Å²) in [7, 11) is 1.85. The molecular weight excluding hydrogens is 180 g/mol. The molecule has 0 amide bonds. The maximum absolute atomic E-state index is 8.65. The van der Waals surface area contributed by atoms with Gasteiger partial charge in [-0.1, -0.05) is 5.21 Å². The van der Waals surface area contributed by atoms with Crippen molar-refractivity contribution in [1.82, 2.24) is 20.3 Å². The van der Waals surface area contributed by atoms with Crippen molar-refractivity contribution in [2.75, 3.05) is 6.61 Å². The molecule has 1 heterocycles. The Morgan fingerprint density at radius 1 is 1.64 bits per heavy atom. The van der Waals surface area contributed by atoms with Gasteiger partial charge in [0, 0.05) is 32.4 Å². The molecule has 0 radical (unpaired) electrons. The minimum absolute atomic E-state index is 0.261. The average Bonchev–Trinajstić information content (AvgIpc) is 2.58. The van der Waals surface area contributed by atoms with Gasteiger partial charge in [0.05, 0.1) is 5.69 Å². The number of nitrogens with one attached hydrogen (secondary N) is 1. The Balaban J connectivity index is 2.20. The molecule has 1 aromatic heterocycles. The van der Waals surface area contributed by atoms with E-state index >= 15 is 0 Å². The standard InChI is InChI=1S/C9H18N4O/c1-8(4-3-5-14)10-6-9-7-13(2)12-11-9/h7-8,10,14H,3-6H2,1-2H3. The number of aryl methyl sites for hydroxylation is 1. The van der Waals surface area contributed by atoms with Gasteiger partial charge >= 0.3 is 0 Å². The van der Waals surface area contributed by atoms with E-state index in [1.807, 2.05) is 13.2 Å². The van der Waals surface area contributed by atoms with Gasteiger partial charge in [-0.25, -0.2) is 0 Å². The first-order valence-corrected chi connectivity index (χ1v) is 4.92. The van der Waals surface area contributed by atoms with E-state index in [-0.39, 0.29) is 6.61 Å². The maximum Gasteiger partial charge on any atom is 0.0964 e. The van der Waals surface area contributed by atoms with Crippen LogP contribution in [0.25, 0.3) is 0 Å². The Hall–Kier alpha value is -0.940. The van der Waals surface area contributed by atoms with Crippen molar-refractivity contribution in [1.29, 1.82) is 0 Å². The quantitative estimate of drug-likeness (QED) is 0.679. The summed E-state index contributed by atoms with van der Waals surface area (Å²) >= 11 is 0. The van der Waals surface area contributed by atoms with Crippen molar-refractivity contribution >= 4 is 0 Å². The highest BCUT2D eigenvalue weighted by Crippen LogP contribution is 1.97. The largest absolute Gasteiger partial charge is 0.396 e. The average molecular weight is 198 g/mol. The van der Waals surface area contributed by atoms with Crippen LogP contribution in [0.15, 0.2) is 6.20 Å². The van der Waals surface area contributed by atoms with Gasteiger partial charge in [-0.3, -0.25) is 4.68 Å². The zero-order chi connectivity index (χ0) is 10.4.